The van der Waals surface area contributed by atoms with E-state index in [0.29, 0.717) is 21.8 Å². The lowest BCUT2D eigenvalue weighted by Gasteiger charge is -2.16. The van der Waals surface area contributed by atoms with Crippen molar-refractivity contribution in [1.29, 1.82) is 0 Å². The topological polar surface area (TPSA) is 83.5 Å². The summed E-state index contributed by atoms with van der Waals surface area (Å²) in [6.07, 6.45) is 0.109. The van der Waals surface area contributed by atoms with Crippen molar-refractivity contribution in [2.75, 3.05) is 7.05 Å². The number of hydrogen-bond donors (Lipinski definition) is 2. The normalized spacial score (nSPS) is 10.2. The number of carbonyl (C=O) groups is 3. The molecule has 0 atom stereocenters. The van der Waals surface area contributed by atoms with Crippen LogP contribution in [0.1, 0.15) is 33.2 Å². The van der Waals surface area contributed by atoms with Crippen molar-refractivity contribution in [3.8, 4) is 0 Å². The van der Waals surface area contributed by atoms with Gasteiger partial charge in [0.1, 0.15) is 5.78 Å². The predicted molar refractivity (Wildman–Crippen MR) is 99.3 cm³/mol. The fourth-order valence-electron chi connectivity index (χ4n) is 1.63. The van der Waals surface area contributed by atoms with Gasteiger partial charge >= 0.3 is 5.97 Å². The van der Waals surface area contributed by atoms with E-state index in [-0.39, 0.29) is 23.7 Å². The minimum Gasteiger partial charge on any atom is -0.478 e. The number of halogens is 3. The van der Waals surface area contributed by atoms with Gasteiger partial charge in [-0.25, -0.2) is 4.79 Å². The average molecular weight is 613 g/mol. The third kappa shape index (κ3) is 3.61. The van der Waals surface area contributed by atoms with Crippen LogP contribution in [0.5, 0.6) is 0 Å². The SMILES string of the molecule is CNC(=O)c1c(I)c(CC(C)=O)c(I)c(C(=O)O)c1I. The second-order valence-corrected chi connectivity index (χ2v) is 7.17. The molecule has 0 aliphatic heterocycles. The van der Waals surface area contributed by atoms with Crippen LogP contribution in [-0.2, 0) is 11.2 Å². The maximum atomic E-state index is 12.0. The van der Waals surface area contributed by atoms with Crippen molar-refractivity contribution in [1.82, 2.24) is 5.32 Å². The van der Waals surface area contributed by atoms with E-state index in [0.717, 1.165) is 0 Å². The Labute approximate surface area is 156 Å². The quantitative estimate of drug-likeness (QED) is 0.513. The van der Waals surface area contributed by atoms with Crippen LogP contribution in [0.15, 0.2) is 0 Å². The highest BCUT2D eigenvalue weighted by Gasteiger charge is 2.27. The van der Waals surface area contributed by atoms with Crippen molar-refractivity contribution in [3.63, 3.8) is 0 Å². The van der Waals surface area contributed by atoms with Gasteiger partial charge in [0.2, 0.25) is 0 Å². The fourth-order valence-corrected chi connectivity index (χ4v) is 6.13. The van der Waals surface area contributed by atoms with E-state index in [1.54, 1.807) is 0 Å². The molecule has 1 amide bonds. The molecule has 0 fully saturated rings. The molecule has 0 aliphatic rings. The molecular formula is C12H10I3NO4. The number of nitrogens with one attached hydrogen (secondary N) is 1. The number of amides is 1. The Morgan fingerprint density at radius 3 is 1.95 bits per heavy atom. The van der Waals surface area contributed by atoms with Crippen LogP contribution in [0.3, 0.4) is 0 Å². The summed E-state index contributed by atoms with van der Waals surface area (Å²) < 4.78 is 1.51. The number of rotatable bonds is 4. The first kappa shape index (κ1) is 18.1. The second-order valence-electron chi connectivity index (χ2n) is 3.93. The summed E-state index contributed by atoms with van der Waals surface area (Å²) in [4.78, 5) is 34.8. The number of carboxylic acids is 1. The zero-order valence-electron chi connectivity index (χ0n) is 10.5. The highest BCUT2D eigenvalue weighted by atomic mass is 127. The number of carboxylic acid groups (broad SMARTS) is 1. The van der Waals surface area contributed by atoms with Gasteiger partial charge in [0.25, 0.3) is 5.91 Å². The molecule has 0 heterocycles. The van der Waals surface area contributed by atoms with Crippen LogP contribution in [0.2, 0.25) is 0 Å². The van der Waals surface area contributed by atoms with E-state index in [2.05, 4.69) is 5.32 Å². The summed E-state index contributed by atoms with van der Waals surface area (Å²) in [6, 6.07) is 0. The summed E-state index contributed by atoms with van der Waals surface area (Å²) in [6.45, 7) is 1.43. The first-order chi connectivity index (χ1) is 9.22. The Kier molecular flexibility index (Phi) is 6.63. The molecular weight excluding hydrogens is 603 g/mol. The van der Waals surface area contributed by atoms with Crippen LogP contribution in [0, 0.1) is 10.7 Å². The van der Waals surface area contributed by atoms with Crippen LogP contribution < -0.4 is 5.32 Å². The first-order valence-corrected chi connectivity index (χ1v) is 8.60. The Morgan fingerprint density at radius 1 is 1.05 bits per heavy atom. The molecule has 8 heteroatoms. The lowest BCUT2D eigenvalue weighted by molar-refractivity contribution is -0.116. The van der Waals surface area contributed by atoms with Crippen LogP contribution >= 0.6 is 67.8 Å². The highest BCUT2D eigenvalue weighted by Crippen LogP contribution is 2.32. The third-order valence-corrected chi connectivity index (χ3v) is 5.96. The number of benzene rings is 1. The Hall–Kier alpha value is 0.0200. The standard InChI is InChI=1S/C12H10I3NO4/c1-4(17)3-5-8(13)6(11(18)16-2)10(15)7(9(5)14)12(19)20/h3H2,1-2H3,(H,16,18)(H,19,20). The Bertz CT molecular complexity index is 613. The summed E-state index contributed by atoms with van der Waals surface area (Å²) in [5.74, 6) is -1.55. The van der Waals surface area contributed by atoms with E-state index < -0.39 is 5.97 Å². The monoisotopic (exact) mass is 613 g/mol. The zero-order chi connectivity index (χ0) is 15.6. The van der Waals surface area contributed by atoms with Gasteiger partial charge < -0.3 is 10.4 Å². The van der Waals surface area contributed by atoms with Crippen molar-refractivity contribution < 1.29 is 19.5 Å². The Balaban J connectivity index is 3.78. The second kappa shape index (κ2) is 7.33. The number of Topliss-reactive ketones (excluding diaryl/α,β-unsaturated/α-hetero) is 1. The van der Waals surface area contributed by atoms with Crippen LogP contribution in [-0.4, -0.2) is 29.8 Å². The predicted octanol–water partition coefficient (Wildman–Crippen LogP) is 2.69. The van der Waals surface area contributed by atoms with E-state index in [9.17, 15) is 19.5 Å². The molecule has 108 valence electrons. The van der Waals surface area contributed by atoms with Crippen LogP contribution in [0.25, 0.3) is 0 Å². The largest absolute Gasteiger partial charge is 0.478 e. The van der Waals surface area contributed by atoms with Crippen molar-refractivity contribution in [3.05, 3.63) is 27.4 Å². The molecule has 0 unspecified atom stereocenters. The number of ketones is 1. The summed E-state index contributed by atoms with van der Waals surface area (Å²) >= 11 is 5.77. The fraction of sp³-hybridized carbons (Fsp3) is 0.250. The van der Waals surface area contributed by atoms with Crippen molar-refractivity contribution >= 4 is 85.4 Å². The van der Waals surface area contributed by atoms with Crippen molar-refractivity contribution in [2.24, 2.45) is 0 Å². The van der Waals surface area contributed by atoms with Gasteiger partial charge in [-0.1, -0.05) is 0 Å². The molecule has 20 heavy (non-hydrogen) atoms. The maximum Gasteiger partial charge on any atom is 0.337 e. The number of aromatic carboxylic acids is 1. The molecule has 0 aromatic heterocycles. The van der Waals surface area contributed by atoms with Gasteiger partial charge in [-0.3, -0.25) is 9.59 Å². The van der Waals surface area contributed by atoms with E-state index in [1.807, 2.05) is 67.8 Å². The number of hydrogen-bond acceptors (Lipinski definition) is 3. The van der Waals surface area contributed by atoms with E-state index in [1.165, 1.54) is 14.0 Å². The lowest BCUT2D eigenvalue weighted by Crippen LogP contribution is -2.24. The minimum absolute atomic E-state index is 0.0708. The Morgan fingerprint density at radius 2 is 1.55 bits per heavy atom. The van der Waals surface area contributed by atoms with Gasteiger partial charge in [0.15, 0.2) is 0 Å². The summed E-state index contributed by atoms with van der Waals surface area (Å²) in [5, 5.41) is 11.8. The lowest BCUT2D eigenvalue weighted by atomic mass is 10.0. The molecule has 0 saturated heterocycles. The maximum absolute atomic E-state index is 12.0. The summed E-state index contributed by atoms with van der Waals surface area (Å²) in [5.41, 5.74) is 0.972. The van der Waals surface area contributed by atoms with Crippen molar-refractivity contribution in [2.45, 2.75) is 13.3 Å². The van der Waals surface area contributed by atoms with E-state index in [4.69, 9.17) is 0 Å². The van der Waals surface area contributed by atoms with Gasteiger partial charge in [0.05, 0.1) is 11.1 Å². The molecule has 0 saturated carbocycles. The average Bonchev–Trinajstić information content (AvgIpc) is 2.33. The molecule has 0 spiro atoms. The molecule has 1 aromatic carbocycles. The highest BCUT2D eigenvalue weighted by molar-refractivity contribution is 14.1. The molecule has 1 aromatic rings. The van der Waals surface area contributed by atoms with Gasteiger partial charge in [-0.15, -0.1) is 0 Å². The number of carbonyl (C=O) groups excluding carboxylic acids is 2. The van der Waals surface area contributed by atoms with Crippen LogP contribution in [0.4, 0.5) is 0 Å². The van der Waals surface area contributed by atoms with E-state index >= 15 is 0 Å². The molecule has 0 bridgehead atoms. The van der Waals surface area contributed by atoms with Gasteiger partial charge in [0, 0.05) is 24.2 Å². The molecule has 0 aliphatic carbocycles. The zero-order valence-corrected chi connectivity index (χ0v) is 17.0. The molecule has 0 radical (unpaired) electrons. The minimum atomic E-state index is -1.11. The smallest absolute Gasteiger partial charge is 0.337 e. The first-order valence-electron chi connectivity index (χ1n) is 5.36. The molecule has 2 N–H and O–H groups in total. The third-order valence-electron chi connectivity index (χ3n) is 2.50. The van der Waals surface area contributed by atoms with Gasteiger partial charge in [-0.2, -0.15) is 0 Å². The summed E-state index contributed by atoms with van der Waals surface area (Å²) in [7, 11) is 1.48. The molecule has 1 rings (SSSR count). The molecule has 5 nitrogen and oxygen atoms in total. The van der Waals surface area contributed by atoms with Gasteiger partial charge in [-0.05, 0) is 80.3 Å².